The summed E-state index contributed by atoms with van der Waals surface area (Å²) >= 11 is 5.61. The second-order valence-electron chi connectivity index (χ2n) is 4.22. The Bertz CT molecular complexity index is 743. The number of benzene rings is 1. The van der Waals surface area contributed by atoms with Crippen LogP contribution in [0.25, 0.3) is 0 Å². The van der Waals surface area contributed by atoms with Gasteiger partial charge in [0.15, 0.2) is 0 Å². The Labute approximate surface area is 121 Å². The predicted octanol–water partition coefficient (Wildman–Crippen LogP) is 2.08. The van der Waals surface area contributed by atoms with Gasteiger partial charge in [-0.2, -0.15) is 0 Å². The highest BCUT2D eigenvalue weighted by Crippen LogP contribution is 2.22. The number of hydrogen-bond acceptors (Lipinski definition) is 3. The summed E-state index contributed by atoms with van der Waals surface area (Å²) in [6.45, 7) is 0.231. The van der Waals surface area contributed by atoms with Gasteiger partial charge in [0, 0.05) is 25.5 Å². The van der Waals surface area contributed by atoms with E-state index < -0.39 is 15.8 Å². The van der Waals surface area contributed by atoms with Gasteiger partial charge in [0.25, 0.3) is 10.0 Å². The number of nitrogens with zero attached hydrogens (tertiary/aromatic N) is 1. The highest BCUT2D eigenvalue weighted by Gasteiger charge is 2.17. The zero-order valence-corrected chi connectivity index (χ0v) is 12.2. The molecule has 0 spiro atoms. The first-order chi connectivity index (χ1) is 9.33. The van der Waals surface area contributed by atoms with E-state index >= 15 is 0 Å². The number of halogens is 2. The first-order valence-corrected chi connectivity index (χ1v) is 7.53. The van der Waals surface area contributed by atoms with Crippen molar-refractivity contribution in [1.29, 1.82) is 0 Å². The molecule has 5 nitrogen and oxygen atoms in total. The number of hydrogen-bond donors (Lipinski definition) is 2. The maximum Gasteiger partial charge on any atom is 0.263 e. The first kappa shape index (κ1) is 14.8. The minimum Gasteiger partial charge on any atom is -0.352 e. The van der Waals surface area contributed by atoms with E-state index in [1.54, 1.807) is 11.6 Å². The molecule has 0 amide bonds. The van der Waals surface area contributed by atoms with Crippen molar-refractivity contribution >= 4 is 27.3 Å². The molecule has 2 aromatic rings. The second-order valence-corrected chi connectivity index (χ2v) is 6.31. The smallest absolute Gasteiger partial charge is 0.263 e. The number of nitrogens with two attached hydrogens (primary N) is 1. The fraction of sp³-hybridized carbons (Fsp3) is 0.167. The number of sulfonamides is 1. The molecule has 108 valence electrons. The lowest BCUT2D eigenvalue weighted by atomic mass is 10.3. The van der Waals surface area contributed by atoms with E-state index in [2.05, 4.69) is 4.72 Å². The number of nitrogens with one attached hydrogen (secondary N) is 1. The van der Waals surface area contributed by atoms with Gasteiger partial charge in [-0.05, 0) is 24.3 Å². The van der Waals surface area contributed by atoms with Crippen LogP contribution in [-0.2, 0) is 23.6 Å². The lowest BCUT2D eigenvalue weighted by Crippen LogP contribution is -2.12. The monoisotopic (exact) mass is 317 g/mol. The Hall–Kier alpha value is -1.57. The largest absolute Gasteiger partial charge is 0.352 e. The molecule has 1 aromatic carbocycles. The molecule has 0 radical (unpaired) electrons. The molecule has 0 unspecified atom stereocenters. The lowest BCUT2D eigenvalue weighted by molar-refractivity contribution is 0.601. The van der Waals surface area contributed by atoms with Crippen LogP contribution in [0.4, 0.5) is 10.1 Å². The fourth-order valence-electron chi connectivity index (χ4n) is 1.70. The van der Waals surface area contributed by atoms with E-state index in [0.717, 1.165) is 6.07 Å². The molecule has 0 aliphatic carbocycles. The van der Waals surface area contributed by atoms with Gasteiger partial charge >= 0.3 is 0 Å². The SMILES string of the molecule is Cn1cc(S(=O)(=O)Nc2ccc(F)c(Cl)c2)cc1CN. The minimum atomic E-state index is -3.76. The van der Waals surface area contributed by atoms with Crippen molar-refractivity contribution in [3.8, 4) is 0 Å². The van der Waals surface area contributed by atoms with Gasteiger partial charge in [-0.25, -0.2) is 12.8 Å². The Morgan fingerprint density at radius 3 is 2.65 bits per heavy atom. The highest BCUT2D eigenvalue weighted by atomic mass is 35.5. The fourth-order valence-corrected chi connectivity index (χ4v) is 3.02. The summed E-state index contributed by atoms with van der Waals surface area (Å²) in [5.74, 6) is -0.611. The van der Waals surface area contributed by atoms with Crippen molar-refractivity contribution in [2.45, 2.75) is 11.4 Å². The van der Waals surface area contributed by atoms with Crippen LogP contribution in [0.2, 0.25) is 5.02 Å². The molecule has 0 bridgehead atoms. The third-order valence-corrected chi connectivity index (χ3v) is 4.41. The molecule has 0 saturated heterocycles. The average Bonchev–Trinajstić information content (AvgIpc) is 2.76. The topological polar surface area (TPSA) is 77.1 Å². The molecule has 0 fully saturated rings. The Balaban J connectivity index is 2.32. The summed E-state index contributed by atoms with van der Waals surface area (Å²) in [6, 6.07) is 5.08. The van der Waals surface area contributed by atoms with Crippen LogP contribution in [0.1, 0.15) is 5.69 Å². The van der Waals surface area contributed by atoms with Crippen molar-refractivity contribution in [3.05, 3.63) is 47.0 Å². The summed E-state index contributed by atoms with van der Waals surface area (Å²) < 4.78 is 41.3. The number of rotatable bonds is 4. The van der Waals surface area contributed by atoms with Gasteiger partial charge in [-0.3, -0.25) is 4.72 Å². The standard InChI is InChI=1S/C12H13ClFN3O2S/c1-17-7-10(5-9(17)6-15)20(18,19)16-8-2-3-12(14)11(13)4-8/h2-5,7,16H,6,15H2,1H3. The number of anilines is 1. The number of aryl methyl sites for hydroxylation is 1. The zero-order chi connectivity index (χ0) is 14.9. The first-order valence-electron chi connectivity index (χ1n) is 5.66. The van der Waals surface area contributed by atoms with Crippen LogP contribution >= 0.6 is 11.6 Å². The van der Waals surface area contributed by atoms with Crippen LogP contribution in [-0.4, -0.2) is 13.0 Å². The normalized spacial score (nSPS) is 11.6. The maximum absolute atomic E-state index is 13.0. The molecule has 0 aliphatic heterocycles. The maximum atomic E-state index is 13.0. The van der Waals surface area contributed by atoms with Crippen LogP contribution in [0, 0.1) is 5.82 Å². The molecule has 0 atom stereocenters. The van der Waals surface area contributed by atoms with E-state index in [4.69, 9.17) is 17.3 Å². The van der Waals surface area contributed by atoms with E-state index in [1.807, 2.05) is 0 Å². The third-order valence-electron chi connectivity index (χ3n) is 2.77. The van der Waals surface area contributed by atoms with E-state index in [9.17, 15) is 12.8 Å². The molecule has 1 aromatic heterocycles. The van der Waals surface area contributed by atoms with Gasteiger partial charge in [0.2, 0.25) is 0 Å². The van der Waals surface area contributed by atoms with Crippen molar-refractivity contribution in [3.63, 3.8) is 0 Å². The van der Waals surface area contributed by atoms with E-state index in [-0.39, 0.29) is 22.2 Å². The van der Waals surface area contributed by atoms with Crippen molar-refractivity contribution < 1.29 is 12.8 Å². The van der Waals surface area contributed by atoms with Gasteiger partial charge in [0.05, 0.1) is 10.7 Å². The van der Waals surface area contributed by atoms with Crippen LogP contribution < -0.4 is 10.5 Å². The molecule has 8 heteroatoms. The minimum absolute atomic E-state index is 0.0842. The Kier molecular flexibility index (Phi) is 4.03. The molecule has 20 heavy (non-hydrogen) atoms. The molecule has 3 N–H and O–H groups in total. The van der Waals surface area contributed by atoms with Gasteiger partial charge in [-0.1, -0.05) is 11.6 Å². The second kappa shape index (κ2) is 5.43. The molecular weight excluding hydrogens is 305 g/mol. The molecular formula is C12H13ClFN3O2S. The Morgan fingerprint density at radius 2 is 2.10 bits per heavy atom. The summed E-state index contributed by atoms with van der Waals surface area (Å²) in [4.78, 5) is 0.0842. The highest BCUT2D eigenvalue weighted by molar-refractivity contribution is 7.92. The molecule has 0 saturated carbocycles. The summed E-state index contributed by atoms with van der Waals surface area (Å²) in [5.41, 5.74) is 6.37. The van der Waals surface area contributed by atoms with E-state index in [1.165, 1.54) is 24.4 Å². The van der Waals surface area contributed by atoms with Crippen LogP contribution in [0.5, 0.6) is 0 Å². The average molecular weight is 318 g/mol. The molecule has 0 aliphatic rings. The van der Waals surface area contributed by atoms with Crippen molar-refractivity contribution in [1.82, 2.24) is 4.57 Å². The van der Waals surface area contributed by atoms with Gasteiger partial charge < -0.3 is 10.3 Å². The predicted molar refractivity (Wildman–Crippen MR) is 75.5 cm³/mol. The van der Waals surface area contributed by atoms with Gasteiger partial charge in [-0.15, -0.1) is 0 Å². The molecule has 2 rings (SSSR count). The van der Waals surface area contributed by atoms with Gasteiger partial charge in [0.1, 0.15) is 10.7 Å². The third kappa shape index (κ3) is 2.95. The zero-order valence-electron chi connectivity index (χ0n) is 10.6. The van der Waals surface area contributed by atoms with E-state index in [0.29, 0.717) is 5.69 Å². The van der Waals surface area contributed by atoms with Crippen LogP contribution in [0.15, 0.2) is 35.4 Å². The molecule has 1 heterocycles. The summed E-state index contributed by atoms with van der Waals surface area (Å²) in [6.07, 6.45) is 1.45. The van der Waals surface area contributed by atoms with Crippen molar-refractivity contribution in [2.75, 3.05) is 4.72 Å². The summed E-state index contributed by atoms with van der Waals surface area (Å²) in [7, 11) is -2.06. The number of aromatic nitrogens is 1. The van der Waals surface area contributed by atoms with Crippen molar-refractivity contribution in [2.24, 2.45) is 12.8 Å². The quantitative estimate of drug-likeness (QED) is 0.906. The van der Waals surface area contributed by atoms with Crippen LogP contribution in [0.3, 0.4) is 0 Å². The summed E-state index contributed by atoms with van der Waals surface area (Å²) in [5, 5.41) is -0.152. The lowest BCUT2D eigenvalue weighted by Gasteiger charge is -2.07. The Morgan fingerprint density at radius 1 is 1.40 bits per heavy atom.